The second kappa shape index (κ2) is 8.37. The first-order valence-electron chi connectivity index (χ1n) is 6.48. The Morgan fingerprint density at radius 1 is 1.37 bits per heavy atom. The number of ether oxygens (including phenoxy) is 2. The summed E-state index contributed by atoms with van der Waals surface area (Å²) in [6, 6.07) is 5.12. The van der Waals surface area contributed by atoms with Crippen LogP contribution in [0, 0.1) is 0 Å². The number of unbranched alkanes of at least 4 members (excludes halogenated alkanes) is 2. The third-order valence-electron chi connectivity index (χ3n) is 2.66. The van der Waals surface area contributed by atoms with Crippen LogP contribution < -0.4 is 15.8 Å². The lowest BCUT2D eigenvalue weighted by molar-refractivity contribution is -0.120. The van der Waals surface area contributed by atoms with Crippen LogP contribution >= 0.6 is 0 Å². The molecule has 0 atom stereocenters. The van der Waals surface area contributed by atoms with Gasteiger partial charge in [-0.3, -0.25) is 4.79 Å². The molecule has 0 bridgehead atoms. The monoisotopic (exact) mass is 266 g/mol. The van der Waals surface area contributed by atoms with Gasteiger partial charge in [0.2, 0.25) is 5.91 Å². The van der Waals surface area contributed by atoms with Gasteiger partial charge < -0.3 is 20.5 Å². The van der Waals surface area contributed by atoms with Crippen LogP contribution in [0.3, 0.4) is 0 Å². The van der Waals surface area contributed by atoms with Gasteiger partial charge in [0.1, 0.15) is 12.4 Å². The molecule has 3 N–H and O–H groups in total. The smallest absolute Gasteiger partial charge is 0.250 e. The summed E-state index contributed by atoms with van der Waals surface area (Å²) in [5.74, 6) is 0.435. The molecular formula is C14H22N2O3. The molecule has 0 heterocycles. The van der Waals surface area contributed by atoms with Gasteiger partial charge >= 0.3 is 0 Å². The Balaban J connectivity index is 2.39. The molecule has 0 fully saturated rings. The molecular weight excluding hydrogens is 244 g/mol. The van der Waals surface area contributed by atoms with Crippen LogP contribution in [0.5, 0.6) is 5.75 Å². The average molecular weight is 266 g/mol. The number of anilines is 2. The van der Waals surface area contributed by atoms with Crippen molar-refractivity contribution in [3.63, 3.8) is 0 Å². The van der Waals surface area contributed by atoms with Gasteiger partial charge in [0, 0.05) is 12.7 Å². The molecule has 0 saturated heterocycles. The molecule has 0 aliphatic rings. The molecule has 0 radical (unpaired) electrons. The zero-order chi connectivity index (χ0) is 14.1. The molecule has 1 rings (SSSR count). The number of carbonyl (C=O) groups is 1. The van der Waals surface area contributed by atoms with E-state index in [4.69, 9.17) is 15.2 Å². The number of hydrogen-bond acceptors (Lipinski definition) is 4. The minimum absolute atomic E-state index is 0.0420. The third-order valence-corrected chi connectivity index (χ3v) is 2.66. The van der Waals surface area contributed by atoms with Crippen LogP contribution in [-0.4, -0.2) is 26.2 Å². The minimum atomic E-state index is -0.212. The van der Waals surface area contributed by atoms with Crippen molar-refractivity contribution in [1.82, 2.24) is 0 Å². The Bertz CT molecular complexity index is 408. The van der Waals surface area contributed by atoms with Crippen molar-refractivity contribution in [1.29, 1.82) is 0 Å². The van der Waals surface area contributed by atoms with Crippen LogP contribution in [-0.2, 0) is 9.53 Å². The summed E-state index contributed by atoms with van der Waals surface area (Å²) in [5, 5.41) is 2.71. The summed E-state index contributed by atoms with van der Waals surface area (Å²) in [6.07, 6.45) is 3.23. The number of nitrogen functional groups attached to an aromatic ring is 1. The van der Waals surface area contributed by atoms with E-state index in [1.165, 1.54) is 0 Å². The lowest BCUT2D eigenvalue weighted by atomic mass is 10.2. The van der Waals surface area contributed by atoms with Crippen LogP contribution in [0.15, 0.2) is 18.2 Å². The highest BCUT2D eigenvalue weighted by atomic mass is 16.5. The van der Waals surface area contributed by atoms with Gasteiger partial charge in [-0.1, -0.05) is 19.8 Å². The molecule has 0 saturated carbocycles. The standard InChI is InChI=1S/C14H22N2O3/c1-3-4-5-8-19-10-14(17)16-13-9-11(18-2)6-7-12(13)15/h6-7,9H,3-5,8,10,15H2,1-2H3,(H,16,17). The van der Waals surface area contributed by atoms with E-state index >= 15 is 0 Å². The molecule has 5 heteroatoms. The van der Waals surface area contributed by atoms with E-state index in [9.17, 15) is 4.79 Å². The zero-order valence-corrected chi connectivity index (χ0v) is 11.6. The summed E-state index contributed by atoms with van der Waals surface area (Å²) in [7, 11) is 1.56. The van der Waals surface area contributed by atoms with E-state index in [0.717, 1.165) is 19.3 Å². The van der Waals surface area contributed by atoms with Crippen molar-refractivity contribution in [2.24, 2.45) is 0 Å². The van der Waals surface area contributed by atoms with E-state index in [1.54, 1.807) is 25.3 Å². The number of methoxy groups -OCH3 is 1. The van der Waals surface area contributed by atoms with Crippen LogP contribution in [0.4, 0.5) is 11.4 Å². The molecule has 5 nitrogen and oxygen atoms in total. The van der Waals surface area contributed by atoms with Gasteiger partial charge in [-0.15, -0.1) is 0 Å². The van der Waals surface area contributed by atoms with Crippen molar-refractivity contribution in [2.75, 3.05) is 31.4 Å². The van der Waals surface area contributed by atoms with Gasteiger partial charge in [-0.2, -0.15) is 0 Å². The number of nitrogens with one attached hydrogen (secondary N) is 1. The van der Waals surface area contributed by atoms with Gasteiger partial charge in [-0.05, 0) is 18.6 Å². The Kier molecular flexibility index (Phi) is 6.74. The Morgan fingerprint density at radius 3 is 2.84 bits per heavy atom. The molecule has 0 spiro atoms. The highest BCUT2D eigenvalue weighted by Crippen LogP contribution is 2.24. The number of carbonyl (C=O) groups excluding carboxylic acids is 1. The van der Waals surface area contributed by atoms with Crippen molar-refractivity contribution in [3.05, 3.63) is 18.2 Å². The Morgan fingerprint density at radius 2 is 2.16 bits per heavy atom. The minimum Gasteiger partial charge on any atom is -0.497 e. The number of benzene rings is 1. The van der Waals surface area contributed by atoms with E-state index in [2.05, 4.69) is 12.2 Å². The highest BCUT2D eigenvalue weighted by molar-refractivity contribution is 5.94. The molecule has 0 aliphatic carbocycles. The van der Waals surface area contributed by atoms with Crippen LogP contribution in [0.1, 0.15) is 26.2 Å². The van der Waals surface area contributed by atoms with Crippen LogP contribution in [0.2, 0.25) is 0 Å². The Labute approximate surface area is 114 Å². The first kappa shape index (κ1) is 15.3. The molecule has 0 aliphatic heterocycles. The molecule has 0 aromatic heterocycles. The van der Waals surface area contributed by atoms with Crippen molar-refractivity contribution >= 4 is 17.3 Å². The van der Waals surface area contributed by atoms with E-state index in [-0.39, 0.29) is 12.5 Å². The largest absolute Gasteiger partial charge is 0.497 e. The maximum Gasteiger partial charge on any atom is 0.250 e. The molecule has 0 unspecified atom stereocenters. The van der Waals surface area contributed by atoms with Gasteiger partial charge in [0.25, 0.3) is 0 Å². The second-order valence-electron chi connectivity index (χ2n) is 4.26. The van der Waals surface area contributed by atoms with Crippen molar-refractivity contribution in [2.45, 2.75) is 26.2 Å². The maximum atomic E-state index is 11.7. The van der Waals surface area contributed by atoms with E-state index in [1.807, 2.05) is 0 Å². The van der Waals surface area contributed by atoms with E-state index in [0.29, 0.717) is 23.7 Å². The summed E-state index contributed by atoms with van der Waals surface area (Å²) < 4.78 is 10.4. The fourth-order valence-corrected chi connectivity index (χ4v) is 1.58. The van der Waals surface area contributed by atoms with Crippen LogP contribution in [0.25, 0.3) is 0 Å². The van der Waals surface area contributed by atoms with E-state index < -0.39 is 0 Å². The van der Waals surface area contributed by atoms with Gasteiger partial charge in [0.05, 0.1) is 18.5 Å². The Hall–Kier alpha value is -1.75. The predicted octanol–water partition coefficient (Wildman–Crippen LogP) is 2.42. The summed E-state index contributed by atoms with van der Waals surface area (Å²) >= 11 is 0. The zero-order valence-electron chi connectivity index (χ0n) is 11.6. The third kappa shape index (κ3) is 5.61. The molecule has 1 amide bonds. The molecule has 19 heavy (non-hydrogen) atoms. The number of nitrogens with two attached hydrogens (primary N) is 1. The fraction of sp³-hybridized carbons (Fsp3) is 0.500. The second-order valence-corrected chi connectivity index (χ2v) is 4.26. The summed E-state index contributed by atoms with van der Waals surface area (Å²) in [4.78, 5) is 11.7. The first-order valence-corrected chi connectivity index (χ1v) is 6.48. The number of rotatable bonds is 8. The van der Waals surface area contributed by atoms with Gasteiger partial charge in [-0.25, -0.2) is 0 Å². The first-order chi connectivity index (χ1) is 9.17. The number of amides is 1. The lowest BCUT2D eigenvalue weighted by Crippen LogP contribution is -2.19. The highest BCUT2D eigenvalue weighted by Gasteiger charge is 2.06. The maximum absolute atomic E-state index is 11.7. The SMILES string of the molecule is CCCCCOCC(=O)Nc1cc(OC)ccc1N. The predicted molar refractivity (Wildman–Crippen MR) is 76.4 cm³/mol. The average Bonchev–Trinajstić information content (AvgIpc) is 2.41. The normalized spacial score (nSPS) is 10.2. The van der Waals surface area contributed by atoms with Crippen molar-refractivity contribution in [3.8, 4) is 5.75 Å². The summed E-state index contributed by atoms with van der Waals surface area (Å²) in [5.41, 5.74) is 6.82. The fourth-order valence-electron chi connectivity index (χ4n) is 1.58. The summed E-state index contributed by atoms with van der Waals surface area (Å²) in [6.45, 7) is 2.77. The molecule has 106 valence electrons. The number of hydrogen-bond donors (Lipinski definition) is 2. The molecule has 1 aromatic carbocycles. The topological polar surface area (TPSA) is 73.6 Å². The quantitative estimate of drug-likeness (QED) is 0.560. The van der Waals surface area contributed by atoms with Gasteiger partial charge in [0.15, 0.2) is 0 Å². The lowest BCUT2D eigenvalue weighted by Gasteiger charge is -2.10. The van der Waals surface area contributed by atoms with Crippen molar-refractivity contribution < 1.29 is 14.3 Å². The molecule has 1 aromatic rings.